The molecule has 1 N–H and O–H groups in total. The van der Waals surface area contributed by atoms with E-state index < -0.39 is 22.5 Å². The zero-order valence-electron chi connectivity index (χ0n) is 11.4. The van der Waals surface area contributed by atoms with Crippen LogP contribution in [0.5, 0.6) is 0 Å². The third-order valence-corrected chi connectivity index (χ3v) is 4.14. The Morgan fingerprint density at radius 3 is 2.55 bits per heavy atom. The van der Waals surface area contributed by atoms with Gasteiger partial charge < -0.3 is 5.32 Å². The molecule has 0 radical (unpaired) electrons. The van der Waals surface area contributed by atoms with Crippen LogP contribution in [0.15, 0.2) is 12.1 Å². The molecule has 0 aliphatic heterocycles. The maximum Gasteiger partial charge on any atom is 0.319 e. The number of hydrogen-bond donors (Lipinski definition) is 1. The van der Waals surface area contributed by atoms with Crippen molar-refractivity contribution in [2.24, 2.45) is 0 Å². The first-order valence-electron chi connectivity index (χ1n) is 5.80. The number of hydrogen-bond acceptors (Lipinski definition) is 3. The van der Waals surface area contributed by atoms with Crippen molar-refractivity contribution >= 4 is 15.9 Å². The van der Waals surface area contributed by atoms with Gasteiger partial charge >= 0.3 is 6.55 Å². The molecule has 1 amide bonds. The van der Waals surface area contributed by atoms with Crippen LogP contribution in [-0.4, -0.2) is 49.6 Å². The van der Waals surface area contributed by atoms with E-state index in [0.29, 0.717) is 4.57 Å². The lowest BCUT2D eigenvalue weighted by molar-refractivity contribution is 0.0618. The fourth-order valence-electron chi connectivity index (χ4n) is 1.58. The van der Waals surface area contributed by atoms with Crippen LogP contribution in [0.4, 0.5) is 8.78 Å². The lowest BCUT2D eigenvalue weighted by Gasteiger charge is -2.15. The van der Waals surface area contributed by atoms with Gasteiger partial charge in [-0.1, -0.05) is 0 Å². The zero-order valence-corrected chi connectivity index (χ0v) is 12.2. The number of nitrogens with one attached hydrogen (secondary N) is 1. The number of aryl methyl sites for hydroxylation is 1. The molecule has 0 aromatic carbocycles. The number of rotatable bonds is 6. The Labute approximate surface area is 116 Å². The summed E-state index contributed by atoms with van der Waals surface area (Å²) in [5.41, 5.74) is 0.123. The molecular weight excluding hydrogens is 292 g/mol. The van der Waals surface area contributed by atoms with E-state index in [1.807, 2.05) is 0 Å². The molecule has 1 aromatic rings. The van der Waals surface area contributed by atoms with Crippen molar-refractivity contribution in [3.05, 3.63) is 23.5 Å². The topological polar surface area (TPSA) is 71.4 Å². The van der Waals surface area contributed by atoms with Crippen LogP contribution in [0, 0.1) is 6.92 Å². The van der Waals surface area contributed by atoms with Crippen molar-refractivity contribution in [3.8, 4) is 0 Å². The number of nitrogens with zero attached hydrogens (tertiary/aromatic N) is 2. The molecule has 0 unspecified atom stereocenters. The second-order valence-corrected chi connectivity index (χ2v) is 6.44. The van der Waals surface area contributed by atoms with E-state index in [-0.39, 0.29) is 24.5 Å². The van der Waals surface area contributed by atoms with Crippen LogP contribution >= 0.6 is 0 Å². The Bertz CT molecular complexity index is 584. The summed E-state index contributed by atoms with van der Waals surface area (Å²) in [6.45, 7) is -1.22. The number of sulfonamides is 1. The molecule has 0 atom stereocenters. The molecule has 1 aromatic heterocycles. The number of aromatic nitrogens is 1. The van der Waals surface area contributed by atoms with Gasteiger partial charge in [0.2, 0.25) is 10.0 Å². The summed E-state index contributed by atoms with van der Waals surface area (Å²) in [5, 5.41) is 2.41. The Kier molecular flexibility index (Phi) is 5.23. The second-order valence-electron chi connectivity index (χ2n) is 4.35. The summed E-state index contributed by atoms with van der Waals surface area (Å²) in [7, 11) is -1.96. The van der Waals surface area contributed by atoms with Gasteiger partial charge in [-0.15, -0.1) is 0 Å². The number of amides is 1. The Morgan fingerprint density at radius 1 is 1.45 bits per heavy atom. The van der Waals surface area contributed by atoms with Gasteiger partial charge in [0.1, 0.15) is 5.69 Å². The predicted octanol–water partition coefficient (Wildman–Crippen LogP) is 0.813. The molecule has 0 saturated heterocycles. The molecule has 6 nitrogen and oxygen atoms in total. The minimum Gasteiger partial charge on any atom is -0.349 e. The normalized spacial score (nSPS) is 12.2. The Balaban J connectivity index is 2.65. The predicted molar refractivity (Wildman–Crippen MR) is 70.2 cm³/mol. The first kappa shape index (κ1) is 16.6. The molecule has 9 heteroatoms. The van der Waals surface area contributed by atoms with Gasteiger partial charge in [0, 0.05) is 25.8 Å². The Hall–Kier alpha value is -1.48. The fraction of sp³-hybridized carbons (Fsp3) is 0.545. The van der Waals surface area contributed by atoms with Crippen molar-refractivity contribution in [1.82, 2.24) is 14.2 Å². The van der Waals surface area contributed by atoms with E-state index in [4.69, 9.17) is 0 Å². The van der Waals surface area contributed by atoms with Crippen LogP contribution in [0.25, 0.3) is 0 Å². The maximum absolute atomic E-state index is 12.8. The maximum atomic E-state index is 12.8. The molecule has 0 saturated carbocycles. The first-order valence-corrected chi connectivity index (χ1v) is 7.65. The number of halogens is 2. The summed E-state index contributed by atoms with van der Waals surface area (Å²) < 4.78 is 49.5. The van der Waals surface area contributed by atoms with Gasteiger partial charge in [0.15, 0.2) is 0 Å². The molecule has 0 aliphatic rings. The van der Waals surface area contributed by atoms with Crippen LogP contribution in [0.1, 0.15) is 22.7 Å². The van der Waals surface area contributed by atoms with E-state index in [2.05, 4.69) is 5.32 Å². The highest BCUT2D eigenvalue weighted by Gasteiger charge is 2.19. The van der Waals surface area contributed by atoms with Gasteiger partial charge in [0.25, 0.3) is 5.91 Å². The standard InChI is InChI=1S/C11H17F2N3O3S/c1-8-4-5-9(16(8)11(12)13)10(17)14-6-7-15(2)20(3,18)19/h4-5,11H,6-7H2,1-3H3,(H,14,17). The minimum absolute atomic E-state index is 0.0376. The highest BCUT2D eigenvalue weighted by Crippen LogP contribution is 2.18. The van der Waals surface area contributed by atoms with Crippen molar-refractivity contribution in [3.63, 3.8) is 0 Å². The van der Waals surface area contributed by atoms with E-state index in [9.17, 15) is 22.0 Å². The van der Waals surface area contributed by atoms with E-state index in [0.717, 1.165) is 10.6 Å². The zero-order chi connectivity index (χ0) is 15.5. The number of alkyl halides is 2. The fourth-order valence-corrected chi connectivity index (χ4v) is 2.00. The third kappa shape index (κ3) is 4.01. The van der Waals surface area contributed by atoms with Crippen molar-refractivity contribution in [2.75, 3.05) is 26.4 Å². The number of carbonyl (C=O) groups excluding carboxylic acids is 1. The average Bonchev–Trinajstić information content (AvgIpc) is 2.69. The van der Waals surface area contributed by atoms with E-state index in [1.54, 1.807) is 0 Å². The molecule has 0 spiro atoms. The highest BCUT2D eigenvalue weighted by atomic mass is 32.2. The lowest BCUT2D eigenvalue weighted by atomic mass is 10.4. The van der Waals surface area contributed by atoms with Crippen LogP contribution in [0.3, 0.4) is 0 Å². The molecule has 0 fully saturated rings. The number of likely N-dealkylation sites (N-methyl/N-ethyl adjacent to an activating group) is 1. The molecule has 1 heterocycles. The van der Waals surface area contributed by atoms with Crippen molar-refractivity contribution in [1.29, 1.82) is 0 Å². The summed E-state index contributed by atoms with van der Waals surface area (Å²) in [4.78, 5) is 11.8. The van der Waals surface area contributed by atoms with Crippen LogP contribution in [-0.2, 0) is 10.0 Å². The quantitative estimate of drug-likeness (QED) is 0.845. The highest BCUT2D eigenvalue weighted by molar-refractivity contribution is 7.88. The van der Waals surface area contributed by atoms with Gasteiger partial charge in [-0.05, 0) is 19.1 Å². The molecule has 0 bridgehead atoms. The van der Waals surface area contributed by atoms with Gasteiger partial charge in [0.05, 0.1) is 6.26 Å². The van der Waals surface area contributed by atoms with Crippen molar-refractivity contribution < 1.29 is 22.0 Å². The largest absolute Gasteiger partial charge is 0.349 e. The molecule has 114 valence electrons. The van der Waals surface area contributed by atoms with Gasteiger partial charge in [-0.25, -0.2) is 12.7 Å². The summed E-state index contributed by atoms with van der Waals surface area (Å²) >= 11 is 0. The second kappa shape index (κ2) is 6.31. The van der Waals surface area contributed by atoms with Crippen LogP contribution < -0.4 is 5.32 Å². The number of carbonyl (C=O) groups is 1. The minimum atomic E-state index is -3.33. The van der Waals surface area contributed by atoms with E-state index in [1.165, 1.54) is 26.1 Å². The van der Waals surface area contributed by atoms with Crippen molar-refractivity contribution in [2.45, 2.75) is 13.5 Å². The van der Waals surface area contributed by atoms with Crippen LogP contribution in [0.2, 0.25) is 0 Å². The summed E-state index contributed by atoms with van der Waals surface area (Å²) in [5.74, 6) is -0.666. The first-order chi connectivity index (χ1) is 9.14. The third-order valence-electron chi connectivity index (χ3n) is 2.83. The smallest absolute Gasteiger partial charge is 0.319 e. The Morgan fingerprint density at radius 2 is 2.05 bits per heavy atom. The SMILES string of the molecule is Cc1ccc(C(=O)NCCN(C)S(C)(=O)=O)n1C(F)F. The molecule has 1 rings (SSSR count). The molecule has 20 heavy (non-hydrogen) atoms. The molecular formula is C11H17F2N3O3S. The lowest BCUT2D eigenvalue weighted by Crippen LogP contribution is -2.36. The van der Waals surface area contributed by atoms with E-state index >= 15 is 0 Å². The molecule has 0 aliphatic carbocycles. The van der Waals surface area contributed by atoms with Gasteiger partial charge in [-0.3, -0.25) is 9.36 Å². The monoisotopic (exact) mass is 309 g/mol. The average molecular weight is 309 g/mol. The van der Waals surface area contributed by atoms with Gasteiger partial charge in [-0.2, -0.15) is 8.78 Å². The summed E-state index contributed by atoms with van der Waals surface area (Å²) in [6, 6.07) is 2.72. The summed E-state index contributed by atoms with van der Waals surface area (Å²) in [6.07, 6.45) is 1.04.